The van der Waals surface area contributed by atoms with Crippen molar-refractivity contribution in [3.05, 3.63) is 23.2 Å². The van der Waals surface area contributed by atoms with Crippen molar-refractivity contribution in [2.24, 2.45) is 0 Å². The van der Waals surface area contributed by atoms with Crippen LogP contribution < -0.4 is 9.44 Å². The van der Waals surface area contributed by atoms with E-state index in [1.807, 2.05) is 0 Å². The summed E-state index contributed by atoms with van der Waals surface area (Å²) in [6.45, 7) is 1.91. The molecule has 1 rings (SSSR count). The summed E-state index contributed by atoms with van der Waals surface area (Å²) in [6, 6.07) is 4.10. The predicted molar refractivity (Wildman–Crippen MR) is 59.3 cm³/mol. The third-order valence-corrected chi connectivity index (χ3v) is 2.93. The Kier molecular flexibility index (Phi) is 3.78. The highest BCUT2D eigenvalue weighted by Gasteiger charge is 2.11. The Morgan fingerprint density at radius 1 is 1.47 bits per heavy atom. The maximum Gasteiger partial charge on any atom is 0.299 e. The molecule has 0 saturated heterocycles. The Bertz CT molecular complexity index is 447. The number of phenols is 1. The third-order valence-electron chi connectivity index (χ3n) is 1.54. The number of halogens is 1. The van der Waals surface area contributed by atoms with Gasteiger partial charge in [0.05, 0.1) is 5.69 Å². The van der Waals surface area contributed by atoms with E-state index in [4.69, 9.17) is 11.6 Å². The summed E-state index contributed by atoms with van der Waals surface area (Å²) in [5, 5.41) is 9.69. The van der Waals surface area contributed by atoms with Crippen LogP contribution in [0, 0.1) is 0 Å². The summed E-state index contributed by atoms with van der Waals surface area (Å²) in [6.07, 6.45) is 0. The van der Waals surface area contributed by atoms with Crippen LogP contribution in [0.3, 0.4) is 0 Å². The van der Waals surface area contributed by atoms with Gasteiger partial charge in [0, 0.05) is 11.6 Å². The van der Waals surface area contributed by atoms with Crippen molar-refractivity contribution in [2.45, 2.75) is 6.92 Å². The zero-order valence-electron chi connectivity index (χ0n) is 7.99. The quantitative estimate of drug-likeness (QED) is 0.705. The van der Waals surface area contributed by atoms with E-state index in [0.29, 0.717) is 5.02 Å². The van der Waals surface area contributed by atoms with Crippen molar-refractivity contribution in [3.63, 3.8) is 0 Å². The van der Waals surface area contributed by atoms with Crippen LogP contribution in [0.5, 0.6) is 5.75 Å². The predicted octanol–water partition coefficient (Wildman–Crippen LogP) is 1.31. The molecule has 0 bridgehead atoms. The molecule has 0 aliphatic heterocycles. The Balaban J connectivity index is 2.94. The Morgan fingerprint density at radius 2 is 2.13 bits per heavy atom. The highest BCUT2D eigenvalue weighted by Crippen LogP contribution is 2.26. The zero-order valence-corrected chi connectivity index (χ0v) is 9.56. The van der Waals surface area contributed by atoms with Gasteiger partial charge in [0.15, 0.2) is 0 Å². The van der Waals surface area contributed by atoms with Gasteiger partial charge in [-0.25, -0.2) is 0 Å². The topological polar surface area (TPSA) is 78.4 Å². The average Bonchev–Trinajstić information content (AvgIpc) is 2.10. The van der Waals surface area contributed by atoms with E-state index in [9.17, 15) is 13.5 Å². The average molecular weight is 251 g/mol. The molecule has 0 saturated carbocycles. The van der Waals surface area contributed by atoms with E-state index >= 15 is 0 Å². The molecule has 1 aromatic carbocycles. The van der Waals surface area contributed by atoms with Gasteiger partial charge in [-0.15, -0.1) is 0 Å². The van der Waals surface area contributed by atoms with Crippen molar-refractivity contribution >= 4 is 27.5 Å². The minimum Gasteiger partial charge on any atom is -0.506 e. The van der Waals surface area contributed by atoms with Gasteiger partial charge in [-0.2, -0.15) is 13.1 Å². The van der Waals surface area contributed by atoms with E-state index in [0.717, 1.165) is 0 Å². The van der Waals surface area contributed by atoms with Crippen molar-refractivity contribution < 1.29 is 13.5 Å². The Morgan fingerprint density at radius 3 is 2.73 bits per heavy atom. The highest BCUT2D eigenvalue weighted by atomic mass is 35.5. The van der Waals surface area contributed by atoms with Gasteiger partial charge in [0.2, 0.25) is 0 Å². The molecule has 0 aliphatic rings. The summed E-state index contributed by atoms with van der Waals surface area (Å²) in [7, 11) is -3.64. The fourth-order valence-corrected chi connectivity index (χ4v) is 2.04. The summed E-state index contributed by atoms with van der Waals surface area (Å²) in [5.41, 5.74) is 0.0449. The highest BCUT2D eigenvalue weighted by molar-refractivity contribution is 7.90. The van der Waals surface area contributed by atoms with Crippen molar-refractivity contribution in [3.8, 4) is 5.75 Å². The first kappa shape index (κ1) is 12.1. The lowest BCUT2D eigenvalue weighted by molar-refractivity contribution is 0.477. The molecule has 3 N–H and O–H groups in total. The Hall–Kier alpha value is -0.980. The van der Waals surface area contributed by atoms with E-state index in [2.05, 4.69) is 9.44 Å². The van der Waals surface area contributed by atoms with E-state index in [1.165, 1.54) is 18.2 Å². The number of nitrogens with one attached hydrogen (secondary N) is 2. The molecule has 0 atom stereocenters. The fourth-order valence-electron chi connectivity index (χ4n) is 0.961. The smallest absolute Gasteiger partial charge is 0.299 e. The third kappa shape index (κ3) is 3.58. The first-order chi connectivity index (χ1) is 6.94. The maximum atomic E-state index is 11.3. The molecular formula is C8H11ClN2O3S. The van der Waals surface area contributed by atoms with Crippen LogP contribution in [0.15, 0.2) is 18.2 Å². The fraction of sp³-hybridized carbons (Fsp3) is 0.250. The molecule has 0 spiro atoms. The van der Waals surface area contributed by atoms with Crippen LogP contribution in [0.2, 0.25) is 5.02 Å². The molecule has 0 amide bonds. The second kappa shape index (κ2) is 4.69. The molecule has 0 heterocycles. The standard InChI is InChI=1S/C8H11ClN2O3S/c1-2-10-15(13,14)11-7-5-6(9)3-4-8(7)12/h3-5,10-12H,2H2,1H3. The number of rotatable bonds is 4. The monoisotopic (exact) mass is 250 g/mol. The van der Waals surface area contributed by atoms with Gasteiger partial charge < -0.3 is 5.11 Å². The van der Waals surface area contributed by atoms with Gasteiger partial charge >= 0.3 is 0 Å². The van der Waals surface area contributed by atoms with Gasteiger partial charge in [0.1, 0.15) is 5.75 Å². The first-order valence-electron chi connectivity index (χ1n) is 4.20. The maximum absolute atomic E-state index is 11.3. The molecule has 5 nitrogen and oxygen atoms in total. The molecular weight excluding hydrogens is 240 g/mol. The summed E-state index contributed by atoms with van der Waals surface area (Å²) in [5.74, 6) is -0.180. The molecule has 0 aliphatic carbocycles. The van der Waals surface area contributed by atoms with Crippen LogP contribution in [0.1, 0.15) is 6.92 Å². The van der Waals surface area contributed by atoms with E-state index in [1.54, 1.807) is 6.92 Å². The number of benzene rings is 1. The molecule has 0 unspecified atom stereocenters. The van der Waals surface area contributed by atoms with Crippen molar-refractivity contribution in [1.82, 2.24) is 4.72 Å². The normalized spacial score (nSPS) is 11.3. The second-order valence-electron chi connectivity index (χ2n) is 2.76. The summed E-state index contributed by atoms with van der Waals surface area (Å²) < 4.78 is 27.0. The van der Waals surface area contributed by atoms with Gasteiger partial charge in [-0.05, 0) is 18.2 Å². The number of aromatic hydroxyl groups is 1. The SMILES string of the molecule is CCNS(=O)(=O)Nc1cc(Cl)ccc1O. The van der Waals surface area contributed by atoms with Crippen molar-refractivity contribution in [2.75, 3.05) is 11.3 Å². The number of phenolic OH excluding ortho intramolecular Hbond substituents is 1. The van der Waals surface area contributed by atoms with Gasteiger partial charge in [-0.1, -0.05) is 18.5 Å². The lowest BCUT2D eigenvalue weighted by Crippen LogP contribution is -2.29. The lowest BCUT2D eigenvalue weighted by Gasteiger charge is -2.09. The van der Waals surface area contributed by atoms with E-state index < -0.39 is 10.2 Å². The number of hydrogen-bond acceptors (Lipinski definition) is 3. The minimum atomic E-state index is -3.64. The van der Waals surface area contributed by atoms with Crippen molar-refractivity contribution in [1.29, 1.82) is 0 Å². The van der Waals surface area contributed by atoms with Crippen LogP contribution >= 0.6 is 11.6 Å². The van der Waals surface area contributed by atoms with Gasteiger partial charge in [-0.3, -0.25) is 4.72 Å². The summed E-state index contributed by atoms with van der Waals surface area (Å²) in [4.78, 5) is 0. The number of anilines is 1. The van der Waals surface area contributed by atoms with Crippen LogP contribution in [0.4, 0.5) is 5.69 Å². The first-order valence-corrected chi connectivity index (χ1v) is 6.06. The minimum absolute atomic E-state index is 0.0449. The molecule has 0 radical (unpaired) electrons. The Labute approximate surface area is 93.3 Å². The molecule has 15 heavy (non-hydrogen) atoms. The van der Waals surface area contributed by atoms with Gasteiger partial charge in [0.25, 0.3) is 10.2 Å². The molecule has 7 heteroatoms. The lowest BCUT2D eigenvalue weighted by atomic mass is 10.3. The van der Waals surface area contributed by atoms with E-state index in [-0.39, 0.29) is 18.0 Å². The van der Waals surface area contributed by atoms with Crippen LogP contribution in [-0.2, 0) is 10.2 Å². The van der Waals surface area contributed by atoms with Crippen LogP contribution in [0.25, 0.3) is 0 Å². The largest absolute Gasteiger partial charge is 0.506 e. The molecule has 0 aromatic heterocycles. The van der Waals surface area contributed by atoms with Crippen LogP contribution in [-0.4, -0.2) is 20.1 Å². The molecule has 84 valence electrons. The number of hydrogen-bond donors (Lipinski definition) is 3. The summed E-state index contributed by atoms with van der Waals surface area (Å²) >= 11 is 5.66. The zero-order chi connectivity index (χ0) is 11.5. The molecule has 0 fully saturated rings. The second-order valence-corrected chi connectivity index (χ2v) is 4.70. The molecule has 1 aromatic rings.